The fourth-order valence-electron chi connectivity index (χ4n) is 3.74. The van der Waals surface area contributed by atoms with E-state index >= 15 is 0 Å². The summed E-state index contributed by atoms with van der Waals surface area (Å²) in [7, 11) is 0. The van der Waals surface area contributed by atoms with E-state index in [9.17, 15) is 9.90 Å². The Hall–Kier alpha value is -1.34. The summed E-state index contributed by atoms with van der Waals surface area (Å²) in [5, 5.41) is 15.8. The van der Waals surface area contributed by atoms with Gasteiger partial charge in [-0.2, -0.15) is 0 Å². The number of hydrogen-bond acceptors (Lipinski definition) is 4. The zero-order valence-electron chi connectivity index (χ0n) is 16.4. The van der Waals surface area contributed by atoms with E-state index in [1.54, 1.807) is 0 Å². The van der Waals surface area contributed by atoms with Crippen LogP contribution in [0, 0.1) is 11.3 Å². The average molecular weight is 369 g/mol. The molecule has 2 rings (SSSR count). The Balaban J connectivity index is 1.80. The van der Waals surface area contributed by atoms with Gasteiger partial charge in [-0.15, -0.1) is 0 Å². The van der Waals surface area contributed by atoms with Crippen LogP contribution in [0.1, 0.15) is 46.0 Å². The number of rotatable bonds is 8. The predicted octanol–water partition coefficient (Wildman–Crippen LogP) is 0.979. The van der Waals surface area contributed by atoms with Crippen molar-refractivity contribution in [1.29, 1.82) is 0 Å². The largest absolute Gasteiger partial charge is 0.396 e. The van der Waals surface area contributed by atoms with Crippen molar-refractivity contribution in [2.45, 2.75) is 46.0 Å². The van der Waals surface area contributed by atoms with Crippen molar-refractivity contribution in [3.8, 4) is 0 Å². The van der Waals surface area contributed by atoms with Gasteiger partial charge in [0.1, 0.15) is 0 Å². The van der Waals surface area contributed by atoms with E-state index in [-0.39, 0.29) is 17.9 Å². The summed E-state index contributed by atoms with van der Waals surface area (Å²) < 4.78 is 5.52. The molecule has 3 N–H and O–H groups in total. The third-order valence-electron chi connectivity index (χ3n) is 5.38. The highest BCUT2D eigenvalue weighted by Gasteiger charge is 2.34. The van der Waals surface area contributed by atoms with E-state index in [0.717, 1.165) is 45.0 Å². The first-order chi connectivity index (χ1) is 12.6. The Morgan fingerprint density at radius 3 is 2.92 bits per heavy atom. The Kier molecular flexibility index (Phi) is 8.65. The van der Waals surface area contributed by atoms with Gasteiger partial charge in [-0.25, -0.2) is 0 Å². The lowest BCUT2D eigenvalue weighted by Crippen LogP contribution is -2.43. The summed E-state index contributed by atoms with van der Waals surface area (Å²) in [5.41, 5.74) is -0.0587. The molecule has 2 heterocycles. The van der Waals surface area contributed by atoms with Gasteiger partial charge in [0.2, 0.25) is 5.91 Å². The molecule has 0 aromatic heterocycles. The summed E-state index contributed by atoms with van der Waals surface area (Å²) >= 11 is 0. The Morgan fingerprint density at radius 2 is 2.27 bits per heavy atom. The number of aliphatic imine (C=N–C) groups is 1. The van der Waals surface area contributed by atoms with Crippen molar-refractivity contribution in [3.63, 3.8) is 0 Å². The molecular formula is C19H36N4O3. The molecule has 0 spiro atoms. The number of ether oxygens (including phenoxy) is 1. The number of aliphatic hydroxyl groups is 1. The summed E-state index contributed by atoms with van der Waals surface area (Å²) in [6, 6.07) is 0. The van der Waals surface area contributed by atoms with Crippen molar-refractivity contribution < 1.29 is 14.6 Å². The Bertz CT molecular complexity index is 464. The van der Waals surface area contributed by atoms with Gasteiger partial charge in [0.15, 0.2) is 5.96 Å². The number of aliphatic hydroxyl groups excluding tert-OH is 1. The first kappa shape index (κ1) is 21.0. The third-order valence-corrected chi connectivity index (χ3v) is 5.38. The molecule has 2 fully saturated rings. The van der Waals surface area contributed by atoms with E-state index in [1.807, 2.05) is 11.8 Å². The van der Waals surface area contributed by atoms with Crippen molar-refractivity contribution >= 4 is 11.9 Å². The van der Waals surface area contributed by atoms with E-state index in [0.29, 0.717) is 38.5 Å². The van der Waals surface area contributed by atoms with Crippen LogP contribution >= 0.6 is 0 Å². The Morgan fingerprint density at radius 1 is 1.42 bits per heavy atom. The molecule has 0 radical (unpaired) electrons. The fraction of sp³-hybridized carbons (Fsp3) is 0.895. The molecule has 1 amide bonds. The molecule has 0 saturated carbocycles. The second-order valence-electron chi connectivity index (χ2n) is 7.74. The molecule has 2 saturated heterocycles. The summed E-state index contributed by atoms with van der Waals surface area (Å²) in [6.45, 7) is 9.54. The highest BCUT2D eigenvalue weighted by molar-refractivity contribution is 5.81. The van der Waals surface area contributed by atoms with Crippen LogP contribution in [0.3, 0.4) is 0 Å². The average Bonchev–Trinajstić information content (AvgIpc) is 3.09. The lowest BCUT2D eigenvalue weighted by molar-refractivity contribution is -0.132. The predicted molar refractivity (Wildman–Crippen MR) is 103 cm³/mol. The minimum Gasteiger partial charge on any atom is -0.396 e. The van der Waals surface area contributed by atoms with E-state index in [4.69, 9.17) is 4.74 Å². The number of nitrogens with zero attached hydrogens (tertiary/aromatic N) is 2. The van der Waals surface area contributed by atoms with Crippen LogP contribution in [0.15, 0.2) is 4.99 Å². The van der Waals surface area contributed by atoms with Gasteiger partial charge in [0.25, 0.3) is 0 Å². The number of piperidine rings is 1. The van der Waals surface area contributed by atoms with E-state index in [2.05, 4.69) is 22.5 Å². The second-order valence-corrected chi connectivity index (χ2v) is 7.74. The molecule has 2 aliphatic heterocycles. The molecule has 7 heteroatoms. The molecule has 7 nitrogen and oxygen atoms in total. The molecular weight excluding hydrogens is 332 g/mol. The standard InChI is InChI=1S/C19H36N4O3/c1-3-20-18(22-14-19(7-11-24)8-12-26-15-19)21-9-6-17(25)23-10-4-5-16(2)13-23/h16,24H,3-15H2,1-2H3,(H2,20,21,22). The van der Waals surface area contributed by atoms with Crippen LogP contribution in [0.25, 0.3) is 0 Å². The van der Waals surface area contributed by atoms with Crippen LogP contribution in [0.2, 0.25) is 0 Å². The van der Waals surface area contributed by atoms with Crippen LogP contribution in [0.4, 0.5) is 0 Å². The molecule has 2 atom stereocenters. The maximum Gasteiger partial charge on any atom is 0.224 e. The normalized spacial score (nSPS) is 26.8. The van der Waals surface area contributed by atoms with Gasteiger partial charge >= 0.3 is 0 Å². The summed E-state index contributed by atoms with van der Waals surface area (Å²) in [4.78, 5) is 19.0. The van der Waals surface area contributed by atoms with Gasteiger partial charge < -0.3 is 25.4 Å². The summed E-state index contributed by atoms with van der Waals surface area (Å²) in [5.74, 6) is 1.56. The lowest BCUT2D eigenvalue weighted by atomic mass is 9.84. The molecule has 0 bridgehead atoms. The molecule has 0 aliphatic carbocycles. The minimum atomic E-state index is -0.0587. The van der Waals surface area contributed by atoms with Crippen molar-refractivity contribution in [2.75, 3.05) is 52.5 Å². The topological polar surface area (TPSA) is 86.2 Å². The van der Waals surface area contributed by atoms with E-state index < -0.39 is 0 Å². The number of likely N-dealkylation sites (tertiary alicyclic amines) is 1. The van der Waals surface area contributed by atoms with Gasteiger partial charge in [-0.05, 0) is 38.5 Å². The summed E-state index contributed by atoms with van der Waals surface area (Å²) in [6.07, 6.45) is 4.46. The molecule has 26 heavy (non-hydrogen) atoms. The number of carbonyl (C=O) groups is 1. The Labute approximate surface area is 157 Å². The maximum absolute atomic E-state index is 12.4. The van der Waals surface area contributed by atoms with Crippen LogP contribution < -0.4 is 10.6 Å². The molecule has 0 aromatic carbocycles. The highest BCUT2D eigenvalue weighted by Crippen LogP contribution is 2.32. The maximum atomic E-state index is 12.4. The highest BCUT2D eigenvalue weighted by atomic mass is 16.5. The number of nitrogens with one attached hydrogen (secondary N) is 2. The number of amides is 1. The first-order valence-corrected chi connectivity index (χ1v) is 10.1. The number of guanidine groups is 1. The van der Waals surface area contributed by atoms with Gasteiger partial charge in [0, 0.05) is 51.2 Å². The fourth-order valence-corrected chi connectivity index (χ4v) is 3.74. The van der Waals surface area contributed by atoms with Crippen molar-refractivity contribution in [1.82, 2.24) is 15.5 Å². The van der Waals surface area contributed by atoms with Gasteiger partial charge in [-0.1, -0.05) is 6.92 Å². The minimum absolute atomic E-state index is 0.0587. The van der Waals surface area contributed by atoms with Crippen molar-refractivity contribution in [3.05, 3.63) is 0 Å². The first-order valence-electron chi connectivity index (χ1n) is 10.1. The molecule has 2 unspecified atom stereocenters. The zero-order valence-corrected chi connectivity index (χ0v) is 16.4. The molecule has 2 aliphatic rings. The van der Waals surface area contributed by atoms with Crippen LogP contribution in [-0.4, -0.2) is 74.4 Å². The number of carbonyl (C=O) groups excluding carboxylic acids is 1. The van der Waals surface area contributed by atoms with Crippen molar-refractivity contribution in [2.24, 2.45) is 16.3 Å². The molecule has 150 valence electrons. The quantitative estimate of drug-likeness (QED) is 0.439. The smallest absolute Gasteiger partial charge is 0.224 e. The number of hydrogen-bond donors (Lipinski definition) is 3. The van der Waals surface area contributed by atoms with Gasteiger partial charge in [0.05, 0.1) is 13.2 Å². The second kappa shape index (κ2) is 10.7. The zero-order chi connectivity index (χ0) is 18.8. The van der Waals surface area contributed by atoms with Crippen LogP contribution in [0.5, 0.6) is 0 Å². The monoisotopic (exact) mass is 368 g/mol. The van der Waals surface area contributed by atoms with Crippen LogP contribution in [-0.2, 0) is 9.53 Å². The van der Waals surface area contributed by atoms with E-state index in [1.165, 1.54) is 6.42 Å². The SMILES string of the molecule is CCNC(=NCC1(CCO)CCOC1)NCCC(=O)N1CCCC(C)C1. The van der Waals surface area contributed by atoms with Gasteiger partial charge in [-0.3, -0.25) is 9.79 Å². The third kappa shape index (κ3) is 6.43. The lowest BCUT2D eigenvalue weighted by Gasteiger charge is -2.31. The molecule has 0 aromatic rings.